The van der Waals surface area contributed by atoms with Crippen LogP contribution < -0.4 is 0 Å². The predicted molar refractivity (Wildman–Crippen MR) is 55.2 cm³/mol. The van der Waals surface area contributed by atoms with Gasteiger partial charge in [-0.05, 0) is 17.5 Å². The number of aromatic nitrogens is 1. The molecule has 1 rings (SSSR count). The molecule has 0 aromatic carbocycles. The van der Waals surface area contributed by atoms with E-state index >= 15 is 0 Å². The highest BCUT2D eigenvalue weighted by atomic mass is 16.3. The van der Waals surface area contributed by atoms with Crippen molar-refractivity contribution in [3.63, 3.8) is 0 Å². The van der Waals surface area contributed by atoms with Crippen molar-refractivity contribution in [3.8, 4) is 0 Å². The largest absolute Gasteiger partial charge is 0.386 e. The van der Waals surface area contributed by atoms with Gasteiger partial charge in [-0.15, -0.1) is 0 Å². The molecular weight excluding hydrogens is 162 g/mol. The molecule has 0 saturated carbocycles. The van der Waals surface area contributed by atoms with E-state index in [1.165, 1.54) is 0 Å². The Morgan fingerprint density at radius 1 is 1.54 bits per heavy atom. The summed E-state index contributed by atoms with van der Waals surface area (Å²) in [5.74, 6) is 0. The smallest absolute Gasteiger partial charge is 0.0991 e. The van der Waals surface area contributed by atoms with Crippen LogP contribution in [0.25, 0.3) is 6.20 Å². The van der Waals surface area contributed by atoms with Crippen molar-refractivity contribution < 1.29 is 5.11 Å². The van der Waals surface area contributed by atoms with Crippen LogP contribution in [0, 0.1) is 5.41 Å². The third kappa shape index (κ3) is 2.01. The summed E-state index contributed by atoms with van der Waals surface area (Å²) >= 11 is 0. The minimum atomic E-state index is -0.458. The van der Waals surface area contributed by atoms with E-state index in [2.05, 4.69) is 6.58 Å². The Labute approximate surface area is 79.5 Å². The van der Waals surface area contributed by atoms with Gasteiger partial charge in [0.1, 0.15) is 0 Å². The van der Waals surface area contributed by atoms with Crippen molar-refractivity contribution in [1.29, 1.82) is 0 Å². The molecule has 0 aliphatic heterocycles. The third-order valence-corrected chi connectivity index (χ3v) is 2.11. The Bertz CT molecular complexity index is 293. The van der Waals surface area contributed by atoms with Crippen LogP contribution in [0.2, 0.25) is 0 Å². The quantitative estimate of drug-likeness (QED) is 0.741. The number of rotatable bonds is 2. The van der Waals surface area contributed by atoms with Crippen molar-refractivity contribution in [3.05, 3.63) is 30.6 Å². The molecule has 0 amide bonds. The Balaban J connectivity index is 3.01. The second-order valence-electron chi connectivity index (χ2n) is 4.29. The summed E-state index contributed by atoms with van der Waals surface area (Å²) in [5.41, 5.74) is 0.751. The average molecular weight is 179 g/mol. The van der Waals surface area contributed by atoms with E-state index in [9.17, 15) is 5.11 Å². The average Bonchev–Trinajstić information content (AvgIpc) is 2.48. The predicted octanol–water partition coefficient (Wildman–Crippen LogP) is 2.67. The molecule has 0 fully saturated rings. The molecule has 0 radical (unpaired) electrons. The molecule has 0 saturated heterocycles. The highest BCUT2D eigenvalue weighted by molar-refractivity contribution is 5.26. The molecule has 2 heteroatoms. The lowest BCUT2D eigenvalue weighted by molar-refractivity contribution is 0.0579. The second-order valence-corrected chi connectivity index (χ2v) is 4.29. The molecule has 1 aromatic heterocycles. The van der Waals surface area contributed by atoms with E-state index in [1.54, 1.807) is 6.20 Å². The van der Waals surface area contributed by atoms with Gasteiger partial charge in [0.15, 0.2) is 0 Å². The Hall–Kier alpha value is -1.02. The standard InChI is InChI=1S/C11H17NO/c1-5-12-8-6-7-9(12)10(13)11(2,3)4/h5-8,10,13H,1H2,2-4H3/t10-/m1/s1. The molecule has 1 aromatic rings. The molecule has 2 nitrogen and oxygen atoms in total. The second kappa shape index (κ2) is 3.38. The summed E-state index contributed by atoms with van der Waals surface area (Å²) < 4.78 is 1.84. The van der Waals surface area contributed by atoms with E-state index in [1.807, 2.05) is 43.7 Å². The van der Waals surface area contributed by atoms with Crippen LogP contribution in [-0.4, -0.2) is 9.67 Å². The van der Waals surface area contributed by atoms with Crippen LogP contribution >= 0.6 is 0 Å². The van der Waals surface area contributed by atoms with Gasteiger partial charge in [-0.1, -0.05) is 27.4 Å². The van der Waals surface area contributed by atoms with Gasteiger partial charge in [-0.3, -0.25) is 0 Å². The topological polar surface area (TPSA) is 25.2 Å². The summed E-state index contributed by atoms with van der Waals surface area (Å²) in [6.07, 6.45) is 3.13. The Morgan fingerprint density at radius 2 is 2.15 bits per heavy atom. The number of aliphatic hydroxyl groups excluding tert-OH is 1. The van der Waals surface area contributed by atoms with Gasteiger partial charge in [-0.2, -0.15) is 0 Å². The Morgan fingerprint density at radius 3 is 2.62 bits per heavy atom. The fourth-order valence-corrected chi connectivity index (χ4v) is 1.25. The molecule has 0 aliphatic carbocycles. The van der Waals surface area contributed by atoms with Crippen LogP contribution in [0.5, 0.6) is 0 Å². The first-order valence-corrected chi connectivity index (χ1v) is 4.44. The molecule has 1 atom stereocenters. The lowest BCUT2D eigenvalue weighted by Crippen LogP contribution is -2.19. The highest BCUT2D eigenvalue weighted by Crippen LogP contribution is 2.32. The number of nitrogens with zero attached hydrogens (tertiary/aromatic N) is 1. The van der Waals surface area contributed by atoms with Gasteiger partial charge in [0.2, 0.25) is 0 Å². The minimum absolute atomic E-state index is 0.140. The van der Waals surface area contributed by atoms with Gasteiger partial charge < -0.3 is 9.67 Å². The van der Waals surface area contributed by atoms with E-state index in [0.717, 1.165) is 5.69 Å². The zero-order chi connectivity index (χ0) is 10.1. The normalized spacial score (nSPS) is 14.2. The molecule has 0 spiro atoms. The molecule has 0 bridgehead atoms. The van der Waals surface area contributed by atoms with Crippen LogP contribution in [0.1, 0.15) is 32.6 Å². The Kier molecular flexibility index (Phi) is 2.62. The number of aliphatic hydroxyl groups is 1. The highest BCUT2D eigenvalue weighted by Gasteiger charge is 2.25. The van der Waals surface area contributed by atoms with Crippen molar-refractivity contribution in [2.75, 3.05) is 0 Å². The zero-order valence-corrected chi connectivity index (χ0v) is 8.49. The maximum Gasteiger partial charge on any atom is 0.0991 e. The minimum Gasteiger partial charge on any atom is -0.386 e. The fourth-order valence-electron chi connectivity index (χ4n) is 1.25. The summed E-state index contributed by atoms with van der Waals surface area (Å²) in [5, 5.41) is 9.99. The molecule has 72 valence electrons. The summed E-state index contributed by atoms with van der Waals surface area (Å²) in [7, 11) is 0. The van der Waals surface area contributed by atoms with Crippen LogP contribution in [0.15, 0.2) is 24.9 Å². The van der Waals surface area contributed by atoms with Gasteiger partial charge >= 0.3 is 0 Å². The van der Waals surface area contributed by atoms with Crippen molar-refractivity contribution >= 4 is 6.20 Å². The fraction of sp³-hybridized carbons (Fsp3) is 0.455. The summed E-state index contributed by atoms with van der Waals surface area (Å²) in [6, 6.07) is 3.82. The van der Waals surface area contributed by atoms with E-state index in [0.29, 0.717) is 0 Å². The van der Waals surface area contributed by atoms with Crippen LogP contribution in [-0.2, 0) is 0 Å². The zero-order valence-electron chi connectivity index (χ0n) is 8.49. The van der Waals surface area contributed by atoms with E-state index < -0.39 is 6.10 Å². The van der Waals surface area contributed by atoms with E-state index in [4.69, 9.17) is 0 Å². The SMILES string of the molecule is C=Cn1cccc1[C@@H](O)C(C)(C)C. The maximum atomic E-state index is 9.99. The lowest BCUT2D eigenvalue weighted by atomic mass is 9.87. The number of hydrogen-bond donors (Lipinski definition) is 1. The first-order chi connectivity index (χ1) is 5.96. The monoisotopic (exact) mass is 179 g/mol. The van der Waals surface area contributed by atoms with Crippen molar-refractivity contribution in [1.82, 2.24) is 4.57 Å². The van der Waals surface area contributed by atoms with Crippen molar-refractivity contribution in [2.45, 2.75) is 26.9 Å². The number of hydrogen-bond acceptors (Lipinski definition) is 1. The third-order valence-electron chi connectivity index (χ3n) is 2.11. The van der Waals surface area contributed by atoms with Crippen LogP contribution in [0.4, 0.5) is 0 Å². The van der Waals surface area contributed by atoms with Crippen LogP contribution in [0.3, 0.4) is 0 Å². The lowest BCUT2D eigenvalue weighted by Gasteiger charge is -2.26. The van der Waals surface area contributed by atoms with Crippen molar-refractivity contribution in [2.24, 2.45) is 5.41 Å². The molecular formula is C11H17NO. The maximum absolute atomic E-state index is 9.99. The summed E-state index contributed by atoms with van der Waals surface area (Å²) in [4.78, 5) is 0. The molecule has 0 aliphatic rings. The molecule has 0 unspecified atom stereocenters. The van der Waals surface area contributed by atoms with Gasteiger partial charge in [0, 0.05) is 12.4 Å². The molecule has 1 heterocycles. The van der Waals surface area contributed by atoms with Gasteiger partial charge in [0.25, 0.3) is 0 Å². The first-order valence-electron chi connectivity index (χ1n) is 4.44. The molecule has 13 heavy (non-hydrogen) atoms. The molecule has 1 N–H and O–H groups in total. The van der Waals surface area contributed by atoms with Gasteiger partial charge in [0.05, 0.1) is 11.8 Å². The summed E-state index contributed by atoms with van der Waals surface area (Å²) in [6.45, 7) is 9.72. The van der Waals surface area contributed by atoms with Gasteiger partial charge in [-0.25, -0.2) is 0 Å². The first kappa shape index (κ1) is 10.1. The van der Waals surface area contributed by atoms with E-state index in [-0.39, 0.29) is 5.41 Å².